The van der Waals surface area contributed by atoms with E-state index in [-0.39, 0.29) is 0 Å². The van der Waals surface area contributed by atoms with Crippen molar-refractivity contribution in [2.75, 3.05) is 11.9 Å². The summed E-state index contributed by atoms with van der Waals surface area (Å²) in [6.07, 6.45) is 6.77. The molecule has 1 aromatic heterocycles. The zero-order valence-corrected chi connectivity index (χ0v) is 13.3. The molecule has 0 aromatic carbocycles. The summed E-state index contributed by atoms with van der Waals surface area (Å²) < 4.78 is 0. The summed E-state index contributed by atoms with van der Waals surface area (Å²) in [7, 11) is 0. The molecule has 110 valence electrons. The molecule has 4 heteroatoms. The van der Waals surface area contributed by atoms with Crippen molar-refractivity contribution in [3.8, 4) is 0 Å². The van der Waals surface area contributed by atoms with E-state index >= 15 is 0 Å². The number of thiocarbonyl (C=S) groups is 1. The molecule has 1 aliphatic rings. The summed E-state index contributed by atoms with van der Waals surface area (Å²) in [6, 6.07) is 3.87. The van der Waals surface area contributed by atoms with Crippen LogP contribution in [0, 0.1) is 18.8 Å². The molecule has 0 bridgehead atoms. The van der Waals surface area contributed by atoms with Crippen molar-refractivity contribution in [1.82, 2.24) is 4.98 Å². The van der Waals surface area contributed by atoms with Crippen LogP contribution in [0.1, 0.15) is 50.3 Å². The molecule has 2 rings (SSSR count). The van der Waals surface area contributed by atoms with E-state index in [0.717, 1.165) is 35.5 Å². The van der Waals surface area contributed by atoms with E-state index in [1.807, 2.05) is 19.1 Å². The van der Waals surface area contributed by atoms with E-state index in [1.165, 1.54) is 32.1 Å². The molecular formula is C16H25N3S. The largest absolute Gasteiger partial charge is 0.389 e. The molecule has 0 saturated heterocycles. The van der Waals surface area contributed by atoms with Crippen molar-refractivity contribution in [2.45, 2.75) is 46.0 Å². The van der Waals surface area contributed by atoms with E-state index < -0.39 is 0 Å². The van der Waals surface area contributed by atoms with Crippen LogP contribution in [0.15, 0.2) is 12.1 Å². The maximum atomic E-state index is 5.69. The molecule has 1 aromatic rings. The number of nitrogens with one attached hydrogen (secondary N) is 1. The van der Waals surface area contributed by atoms with Gasteiger partial charge in [0.05, 0.1) is 0 Å². The highest BCUT2D eigenvalue weighted by molar-refractivity contribution is 7.80. The average molecular weight is 291 g/mol. The third kappa shape index (κ3) is 4.44. The standard InChI is InChI=1S/C16H25N3S/c1-11-4-3-5-13(8-11)6-7-18-15-10-14(16(17)20)9-12(2)19-15/h9-11,13H,3-8H2,1-2H3,(H2,17,20)(H,18,19). The first-order valence-electron chi connectivity index (χ1n) is 7.57. The first-order chi connectivity index (χ1) is 9.54. The van der Waals surface area contributed by atoms with E-state index in [0.29, 0.717) is 4.99 Å². The Morgan fingerprint density at radius 2 is 2.25 bits per heavy atom. The quantitative estimate of drug-likeness (QED) is 0.813. The highest BCUT2D eigenvalue weighted by atomic mass is 32.1. The number of aryl methyl sites for hydroxylation is 1. The van der Waals surface area contributed by atoms with Crippen LogP contribution in [-0.2, 0) is 0 Å². The van der Waals surface area contributed by atoms with Gasteiger partial charge in [0.2, 0.25) is 0 Å². The second-order valence-corrected chi connectivity index (χ2v) is 6.54. The van der Waals surface area contributed by atoms with Gasteiger partial charge in [-0.15, -0.1) is 0 Å². The van der Waals surface area contributed by atoms with Crippen LogP contribution in [-0.4, -0.2) is 16.5 Å². The van der Waals surface area contributed by atoms with Gasteiger partial charge in [-0.25, -0.2) is 4.98 Å². The molecule has 20 heavy (non-hydrogen) atoms. The monoisotopic (exact) mass is 291 g/mol. The molecule has 1 aliphatic carbocycles. The highest BCUT2D eigenvalue weighted by Crippen LogP contribution is 2.30. The molecule has 0 amide bonds. The zero-order chi connectivity index (χ0) is 14.5. The van der Waals surface area contributed by atoms with Gasteiger partial charge >= 0.3 is 0 Å². The minimum atomic E-state index is 0.430. The molecule has 1 fully saturated rings. The lowest BCUT2D eigenvalue weighted by molar-refractivity contribution is 0.274. The normalized spacial score (nSPS) is 22.5. The minimum Gasteiger partial charge on any atom is -0.389 e. The van der Waals surface area contributed by atoms with Gasteiger partial charge in [0.25, 0.3) is 0 Å². The number of pyridine rings is 1. The maximum Gasteiger partial charge on any atom is 0.126 e. The van der Waals surface area contributed by atoms with Crippen molar-refractivity contribution < 1.29 is 0 Å². The van der Waals surface area contributed by atoms with Crippen LogP contribution in [0.2, 0.25) is 0 Å². The van der Waals surface area contributed by atoms with Gasteiger partial charge in [0.15, 0.2) is 0 Å². The summed E-state index contributed by atoms with van der Waals surface area (Å²) in [5, 5.41) is 3.42. The third-order valence-corrected chi connectivity index (χ3v) is 4.38. The molecule has 3 nitrogen and oxygen atoms in total. The molecule has 3 N–H and O–H groups in total. The molecule has 2 atom stereocenters. The second-order valence-electron chi connectivity index (χ2n) is 6.10. The summed E-state index contributed by atoms with van der Waals surface area (Å²) in [5.74, 6) is 2.65. The minimum absolute atomic E-state index is 0.430. The molecule has 0 radical (unpaired) electrons. The number of hydrogen-bond acceptors (Lipinski definition) is 3. The third-order valence-electron chi connectivity index (χ3n) is 4.14. The Bertz CT molecular complexity index is 473. The van der Waals surface area contributed by atoms with Gasteiger partial charge in [-0.1, -0.05) is 38.4 Å². The van der Waals surface area contributed by atoms with Gasteiger partial charge in [0.1, 0.15) is 10.8 Å². The van der Waals surface area contributed by atoms with Crippen LogP contribution < -0.4 is 11.1 Å². The Balaban J connectivity index is 1.86. The Labute approximate surface area is 127 Å². The highest BCUT2D eigenvalue weighted by Gasteiger charge is 2.18. The van der Waals surface area contributed by atoms with E-state index in [4.69, 9.17) is 18.0 Å². The van der Waals surface area contributed by atoms with E-state index in [1.54, 1.807) is 0 Å². The van der Waals surface area contributed by atoms with Gasteiger partial charge in [-0.05, 0) is 43.7 Å². The predicted molar refractivity (Wildman–Crippen MR) is 89.1 cm³/mol. The number of anilines is 1. The van der Waals surface area contributed by atoms with Crippen molar-refractivity contribution >= 4 is 23.0 Å². The van der Waals surface area contributed by atoms with E-state index in [9.17, 15) is 0 Å². The first-order valence-corrected chi connectivity index (χ1v) is 7.98. The number of rotatable bonds is 5. The van der Waals surface area contributed by atoms with Crippen LogP contribution in [0.5, 0.6) is 0 Å². The van der Waals surface area contributed by atoms with Gasteiger partial charge in [-0.3, -0.25) is 0 Å². The summed E-state index contributed by atoms with van der Waals surface area (Å²) in [6.45, 7) is 5.32. The zero-order valence-electron chi connectivity index (χ0n) is 12.5. The van der Waals surface area contributed by atoms with Gasteiger partial charge < -0.3 is 11.1 Å². The molecular weight excluding hydrogens is 266 g/mol. The topological polar surface area (TPSA) is 50.9 Å². The molecule has 0 aliphatic heterocycles. The second kappa shape index (κ2) is 7.02. The molecule has 1 saturated carbocycles. The summed E-state index contributed by atoms with van der Waals surface area (Å²) in [5.41, 5.74) is 7.53. The van der Waals surface area contributed by atoms with Crippen molar-refractivity contribution in [1.29, 1.82) is 0 Å². The van der Waals surface area contributed by atoms with Gasteiger partial charge in [0, 0.05) is 17.8 Å². The van der Waals surface area contributed by atoms with Crippen LogP contribution >= 0.6 is 12.2 Å². The van der Waals surface area contributed by atoms with Crippen LogP contribution in [0.25, 0.3) is 0 Å². The Morgan fingerprint density at radius 1 is 1.45 bits per heavy atom. The lowest BCUT2D eigenvalue weighted by Gasteiger charge is -2.26. The fourth-order valence-corrected chi connectivity index (χ4v) is 3.25. The SMILES string of the molecule is Cc1cc(C(N)=S)cc(NCCC2CCCC(C)C2)n1. The van der Waals surface area contributed by atoms with E-state index in [2.05, 4.69) is 17.2 Å². The fraction of sp³-hybridized carbons (Fsp3) is 0.625. The van der Waals surface area contributed by atoms with Crippen LogP contribution in [0.3, 0.4) is 0 Å². The summed E-state index contributed by atoms with van der Waals surface area (Å²) >= 11 is 5.03. The number of aromatic nitrogens is 1. The lowest BCUT2D eigenvalue weighted by Crippen LogP contribution is -2.17. The smallest absolute Gasteiger partial charge is 0.126 e. The Kier molecular flexibility index (Phi) is 5.35. The predicted octanol–water partition coefficient (Wildman–Crippen LogP) is 3.65. The number of nitrogens with zero attached hydrogens (tertiary/aromatic N) is 1. The molecule has 1 heterocycles. The Hall–Kier alpha value is -1.16. The maximum absolute atomic E-state index is 5.69. The van der Waals surface area contributed by atoms with Crippen LogP contribution in [0.4, 0.5) is 5.82 Å². The number of nitrogens with two attached hydrogens (primary N) is 1. The fourth-order valence-electron chi connectivity index (χ4n) is 3.13. The van der Waals surface area contributed by atoms with Crippen molar-refractivity contribution in [3.05, 3.63) is 23.4 Å². The van der Waals surface area contributed by atoms with Crippen molar-refractivity contribution in [3.63, 3.8) is 0 Å². The summed E-state index contributed by atoms with van der Waals surface area (Å²) in [4.78, 5) is 4.92. The number of hydrogen-bond donors (Lipinski definition) is 2. The average Bonchev–Trinajstić information content (AvgIpc) is 2.38. The first kappa shape index (κ1) is 15.2. The van der Waals surface area contributed by atoms with Crippen molar-refractivity contribution in [2.24, 2.45) is 17.6 Å². The lowest BCUT2D eigenvalue weighted by atomic mass is 9.81. The molecule has 0 spiro atoms. The van der Waals surface area contributed by atoms with Gasteiger partial charge in [-0.2, -0.15) is 0 Å². The Morgan fingerprint density at radius 3 is 2.95 bits per heavy atom. The molecule has 2 unspecified atom stereocenters.